The van der Waals surface area contributed by atoms with Gasteiger partial charge in [0.1, 0.15) is 0 Å². The maximum Gasteiger partial charge on any atom is 0.253 e. The summed E-state index contributed by atoms with van der Waals surface area (Å²) >= 11 is 0. The van der Waals surface area contributed by atoms with Crippen LogP contribution in [0.1, 0.15) is 47.1 Å². The number of rotatable bonds is 4. The number of H-pyrrole nitrogens is 1. The minimum absolute atomic E-state index is 0.122. The monoisotopic (exact) mass is 349 g/mol. The Bertz CT molecular complexity index is 988. The lowest BCUT2D eigenvalue weighted by atomic mass is 10.1. The molecule has 0 bridgehead atoms. The topological polar surface area (TPSA) is 74.0 Å². The predicted molar refractivity (Wildman–Crippen MR) is 104 cm³/mol. The van der Waals surface area contributed by atoms with E-state index in [1.54, 1.807) is 0 Å². The summed E-state index contributed by atoms with van der Waals surface area (Å²) in [6.45, 7) is 7.45. The molecule has 0 saturated heterocycles. The summed E-state index contributed by atoms with van der Waals surface area (Å²) in [4.78, 5) is 27.4. The molecule has 1 heterocycles. The largest absolute Gasteiger partial charge is 0.358 e. The van der Waals surface area contributed by atoms with Gasteiger partial charge in [-0.25, -0.2) is 0 Å². The van der Waals surface area contributed by atoms with E-state index in [1.165, 1.54) is 6.92 Å². The van der Waals surface area contributed by atoms with Crippen LogP contribution in [0.3, 0.4) is 0 Å². The summed E-state index contributed by atoms with van der Waals surface area (Å²) in [7, 11) is 0. The molecule has 3 rings (SSSR count). The number of nitrogens with one attached hydrogen (secondary N) is 3. The fraction of sp³-hybridized carbons (Fsp3) is 0.238. The summed E-state index contributed by atoms with van der Waals surface area (Å²) in [6.07, 6.45) is 0. The number of carbonyl (C=O) groups excluding carboxylic acids is 2. The van der Waals surface area contributed by atoms with E-state index in [9.17, 15) is 9.59 Å². The molecule has 0 aliphatic heterocycles. The van der Waals surface area contributed by atoms with Crippen LogP contribution in [0.4, 0.5) is 5.69 Å². The van der Waals surface area contributed by atoms with Gasteiger partial charge in [0.25, 0.3) is 5.91 Å². The van der Waals surface area contributed by atoms with Crippen molar-refractivity contribution < 1.29 is 9.59 Å². The zero-order valence-electron chi connectivity index (χ0n) is 15.4. The maximum atomic E-state index is 12.8. The number of hydrogen-bond donors (Lipinski definition) is 3. The third-order valence-corrected chi connectivity index (χ3v) is 4.64. The van der Waals surface area contributed by atoms with Crippen molar-refractivity contribution in [3.8, 4) is 0 Å². The van der Waals surface area contributed by atoms with Crippen LogP contribution >= 0.6 is 0 Å². The summed E-state index contributed by atoms with van der Waals surface area (Å²) in [5, 5.41) is 6.87. The molecule has 26 heavy (non-hydrogen) atoms. The first kappa shape index (κ1) is 17.7. The van der Waals surface area contributed by atoms with Crippen molar-refractivity contribution in [3.63, 3.8) is 0 Å². The molecular formula is C21H23N3O2. The van der Waals surface area contributed by atoms with Gasteiger partial charge in [0.15, 0.2) is 0 Å². The average Bonchev–Trinajstić information content (AvgIpc) is 2.89. The van der Waals surface area contributed by atoms with Crippen molar-refractivity contribution in [2.75, 3.05) is 5.32 Å². The average molecular weight is 349 g/mol. The Hall–Kier alpha value is -3.08. The van der Waals surface area contributed by atoms with Crippen LogP contribution in [0.25, 0.3) is 10.9 Å². The van der Waals surface area contributed by atoms with Crippen molar-refractivity contribution in [1.82, 2.24) is 10.3 Å². The smallest absolute Gasteiger partial charge is 0.253 e. The van der Waals surface area contributed by atoms with Gasteiger partial charge in [-0.2, -0.15) is 0 Å². The molecule has 0 spiro atoms. The number of aryl methyl sites for hydroxylation is 2. The predicted octanol–water partition coefficient (Wildman–Crippen LogP) is 4.23. The van der Waals surface area contributed by atoms with Gasteiger partial charge in [-0.05, 0) is 50.1 Å². The highest BCUT2D eigenvalue weighted by atomic mass is 16.2. The molecule has 0 saturated carbocycles. The minimum Gasteiger partial charge on any atom is -0.358 e. The van der Waals surface area contributed by atoms with Gasteiger partial charge in [-0.15, -0.1) is 0 Å². The highest BCUT2D eigenvalue weighted by Crippen LogP contribution is 2.25. The van der Waals surface area contributed by atoms with Crippen LogP contribution in [0, 0.1) is 13.8 Å². The summed E-state index contributed by atoms with van der Waals surface area (Å²) in [5.74, 6) is -0.253. The molecule has 0 radical (unpaired) electrons. The SMILES string of the molecule is CC(=O)Nc1cccc([C@H](C)NC(=O)c2cccc3c(C)c(C)[nH]c23)c1. The van der Waals surface area contributed by atoms with Crippen molar-refractivity contribution in [3.05, 3.63) is 64.8 Å². The van der Waals surface area contributed by atoms with E-state index in [0.717, 1.165) is 27.7 Å². The van der Waals surface area contributed by atoms with Crippen LogP contribution in [0.5, 0.6) is 0 Å². The van der Waals surface area contributed by atoms with Gasteiger partial charge in [-0.1, -0.05) is 24.3 Å². The lowest BCUT2D eigenvalue weighted by molar-refractivity contribution is -0.114. The van der Waals surface area contributed by atoms with Gasteiger partial charge in [0.05, 0.1) is 17.1 Å². The first-order valence-corrected chi connectivity index (χ1v) is 8.63. The molecule has 1 atom stereocenters. The molecule has 2 amide bonds. The van der Waals surface area contributed by atoms with Crippen LogP contribution in [0.15, 0.2) is 42.5 Å². The van der Waals surface area contributed by atoms with E-state index in [4.69, 9.17) is 0 Å². The molecule has 0 unspecified atom stereocenters. The maximum absolute atomic E-state index is 12.8. The molecule has 0 aliphatic rings. The van der Waals surface area contributed by atoms with Gasteiger partial charge in [0, 0.05) is 23.7 Å². The van der Waals surface area contributed by atoms with Crippen LogP contribution in [-0.4, -0.2) is 16.8 Å². The third kappa shape index (κ3) is 3.47. The molecule has 134 valence electrons. The summed E-state index contributed by atoms with van der Waals surface area (Å²) < 4.78 is 0. The zero-order valence-corrected chi connectivity index (χ0v) is 15.4. The molecule has 5 nitrogen and oxygen atoms in total. The first-order chi connectivity index (χ1) is 12.4. The van der Waals surface area contributed by atoms with E-state index in [0.29, 0.717) is 11.3 Å². The molecular weight excluding hydrogens is 326 g/mol. The molecule has 3 aromatic rings. The number of fused-ring (bicyclic) bond motifs is 1. The molecule has 3 N–H and O–H groups in total. The molecule has 0 fully saturated rings. The second kappa shape index (κ2) is 7.04. The molecule has 2 aromatic carbocycles. The second-order valence-corrected chi connectivity index (χ2v) is 6.60. The van der Waals surface area contributed by atoms with E-state index < -0.39 is 0 Å². The molecule has 5 heteroatoms. The number of benzene rings is 2. The van der Waals surface area contributed by atoms with Gasteiger partial charge in [0.2, 0.25) is 5.91 Å². The van der Waals surface area contributed by atoms with Crippen LogP contribution in [-0.2, 0) is 4.79 Å². The van der Waals surface area contributed by atoms with Crippen LogP contribution < -0.4 is 10.6 Å². The quantitative estimate of drug-likeness (QED) is 0.659. The highest BCUT2D eigenvalue weighted by Gasteiger charge is 2.16. The summed E-state index contributed by atoms with van der Waals surface area (Å²) in [6, 6.07) is 13.0. The van der Waals surface area contributed by atoms with Crippen LogP contribution in [0.2, 0.25) is 0 Å². The Labute approximate surface area is 152 Å². The number of anilines is 1. The number of hydrogen-bond acceptors (Lipinski definition) is 2. The first-order valence-electron chi connectivity index (χ1n) is 8.63. The van der Waals surface area contributed by atoms with E-state index >= 15 is 0 Å². The van der Waals surface area contributed by atoms with Crippen molar-refractivity contribution in [1.29, 1.82) is 0 Å². The zero-order chi connectivity index (χ0) is 18.8. The number of aromatic amines is 1. The number of carbonyl (C=O) groups is 2. The Morgan fingerprint density at radius 2 is 1.81 bits per heavy atom. The normalized spacial score (nSPS) is 12.0. The fourth-order valence-corrected chi connectivity index (χ4v) is 3.12. The van der Waals surface area contributed by atoms with Crippen molar-refractivity contribution in [2.24, 2.45) is 0 Å². The Balaban J connectivity index is 1.84. The number of amides is 2. The molecule has 0 aliphatic carbocycles. The van der Waals surface area contributed by atoms with Gasteiger partial charge >= 0.3 is 0 Å². The fourth-order valence-electron chi connectivity index (χ4n) is 3.12. The number of aromatic nitrogens is 1. The van der Waals surface area contributed by atoms with Gasteiger partial charge < -0.3 is 15.6 Å². The summed E-state index contributed by atoms with van der Waals surface area (Å²) in [5.41, 5.74) is 5.36. The highest BCUT2D eigenvalue weighted by molar-refractivity contribution is 6.06. The van der Waals surface area contributed by atoms with E-state index in [1.807, 2.05) is 63.2 Å². The standard InChI is InChI=1S/C21H23N3O2/c1-12-13(2)22-20-18(12)9-6-10-19(20)21(26)23-14(3)16-7-5-8-17(11-16)24-15(4)25/h5-11,14,22H,1-4H3,(H,23,26)(H,24,25)/t14-/m0/s1. The Morgan fingerprint density at radius 1 is 1.08 bits per heavy atom. The third-order valence-electron chi connectivity index (χ3n) is 4.64. The number of para-hydroxylation sites is 1. The van der Waals surface area contributed by atoms with E-state index in [2.05, 4.69) is 15.6 Å². The lowest BCUT2D eigenvalue weighted by Gasteiger charge is -2.16. The molecule has 1 aromatic heterocycles. The van der Waals surface area contributed by atoms with E-state index in [-0.39, 0.29) is 17.9 Å². The van der Waals surface area contributed by atoms with Crippen molar-refractivity contribution in [2.45, 2.75) is 33.7 Å². The van der Waals surface area contributed by atoms with Crippen molar-refractivity contribution >= 4 is 28.4 Å². The Morgan fingerprint density at radius 3 is 2.54 bits per heavy atom. The van der Waals surface area contributed by atoms with Gasteiger partial charge in [-0.3, -0.25) is 9.59 Å². The minimum atomic E-state index is -0.191. The lowest BCUT2D eigenvalue weighted by Crippen LogP contribution is -2.27. The second-order valence-electron chi connectivity index (χ2n) is 6.60. The Kier molecular flexibility index (Phi) is 4.80.